The van der Waals surface area contributed by atoms with Crippen LogP contribution in [0.5, 0.6) is 0 Å². The monoisotopic (exact) mass is 310 g/mol. The molecule has 0 aromatic carbocycles. The maximum atomic E-state index is 4.56. The van der Waals surface area contributed by atoms with Crippen LogP contribution in [0.4, 0.5) is 11.6 Å². The highest BCUT2D eigenvalue weighted by Gasteiger charge is 2.21. The van der Waals surface area contributed by atoms with E-state index in [1.165, 1.54) is 0 Å². The Balaban J connectivity index is 1.51. The van der Waals surface area contributed by atoms with Crippen LogP contribution in [-0.4, -0.2) is 56.0 Å². The maximum absolute atomic E-state index is 4.56. The number of hydrogen-bond acceptors (Lipinski definition) is 7. The van der Waals surface area contributed by atoms with Crippen molar-refractivity contribution in [2.45, 2.75) is 13.8 Å². The second-order valence-electron chi connectivity index (χ2n) is 5.71. The van der Waals surface area contributed by atoms with Crippen molar-refractivity contribution in [2.24, 2.45) is 0 Å². The maximum Gasteiger partial charge on any atom is 0.177 e. The average Bonchev–Trinajstić information content (AvgIpc) is 3.05. The molecular formula is C15H18N8. The zero-order valence-electron chi connectivity index (χ0n) is 13.2. The molecule has 0 bridgehead atoms. The van der Waals surface area contributed by atoms with E-state index in [1.807, 2.05) is 19.1 Å². The molecular weight excluding hydrogens is 292 g/mol. The molecule has 0 N–H and O–H groups in total. The molecule has 4 heterocycles. The van der Waals surface area contributed by atoms with Gasteiger partial charge in [0.2, 0.25) is 0 Å². The molecule has 3 aromatic heterocycles. The summed E-state index contributed by atoms with van der Waals surface area (Å²) < 4.78 is 1.71. The van der Waals surface area contributed by atoms with E-state index in [2.05, 4.69) is 42.0 Å². The summed E-state index contributed by atoms with van der Waals surface area (Å²) in [7, 11) is 0. The van der Waals surface area contributed by atoms with Crippen LogP contribution >= 0.6 is 0 Å². The van der Waals surface area contributed by atoms with E-state index in [1.54, 1.807) is 17.2 Å². The first-order valence-electron chi connectivity index (χ1n) is 7.67. The molecule has 0 spiro atoms. The number of piperazine rings is 1. The molecule has 0 atom stereocenters. The molecule has 118 valence electrons. The zero-order chi connectivity index (χ0) is 15.8. The lowest BCUT2D eigenvalue weighted by molar-refractivity contribution is 0.633. The fraction of sp³-hybridized carbons (Fsp3) is 0.400. The largest absolute Gasteiger partial charge is 0.353 e. The molecule has 3 aromatic rings. The second-order valence-corrected chi connectivity index (χ2v) is 5.71. The second kappa shape index (κ2) is 5.45. The van der Waals surface area contributed by atoms with Gasteiger partial charge in [-0.3, -0.25) is 0 Å². The van der Waals surface area contributed by atoms with Gasteiger partial charge in [-0.05, 0) is 26.0 Å². The summed E-state index contributed by atoms with van der Waals surface area (Å²) in [4.78, 5) is 13.3. The number of hydrogen-bond donors (Lipinski definition) is 0. The molecule has 4 rings (SSSR count). The van der Waals surface area contributed by atoms with Crippen molar-refractivity contribution in [2.75, 3.05) is 36.0 Å². The minimum Gasteiger partial charge on any atom is -0.353 e. The lowest BCUT2D eigenvalue weighted by Crippen LogP contribution is -2.47. The first-order valence-corrected chi connectivity index (χ1v) is 7.67. The number of nitrogens with zero attached hydrogens (tertiary/aromatic N) is 8. The summed E-state index contributed by atoms with van der Waals surface area (Å²) in [5.74, 6) is 1.99. The summed E-state index contributed by atoms with van der Waals surface area (Å²) >= 11 is 0. The van der Waals surface area contributed by atoms with Crippen molar-refractivity contribution in [1.82, 2.24) is 29.8 Å². The molecule has 1 aliphatic heterocycles. The average molecular weight is 310 g/mol. The van der Waals surface area contributed by atoms with Crippen molar-refractivity contribution in [3.8, 4) is 0 Å². The normalized spacial score (nSPS) is 15.4. The minimum atomic E-state index is 0.763. The van der Waals surface area contributed by atoms with Crippen LogP contribution in [0.25, 0.3) is 5.65 Å². The number of fused-ring (bicyclic) bond motifs is 1. The zero-order valence-corrected chi connectivity index (χ0v) is 13.2. The van der Waals surface area contributed by atoms with E-state index in [0.29, 0.717) is 0 Å². The summed E-state index contributed by atoms with van der Waals surface area (Å²) in [5.41, 5.74) is 2.96. The molecule has 1 aliphatic rings. The van der Waals surface area contributed by atoms with Gasteiger partial charge in [0.1, 0.15) is 24.3 Å². The Morgan fingerprint density at radius 1 is 0.957 bits per heavy atom. The molecule has 0 radical (unpaired) electrons. The van der Waals surface area contributed by atoms with Crippen LogP contribution in [0.3, 0.4) is 0 Å². The standard InChI is InChI=1S/C15H18N8/c1-11-12(2)16-9-17-15(11)22-7-5-21(6-8-22)14-4-3-13-19-18-10-23(13)20-14/h3-4,9-10H,5-8H2,1-2H3. The Bertz CT molecular complexity index is 834. The van der Waals surface area contributed by atoms with E-state index in [9.17, 15) is 0 Å². The molecule has 8 nitrogen and oxygen atoms in total. The Morgan fingerprint density at radius 3 is 2.57 bits per heavy atom. The molecule has 0 unspecified atom stereocenters. The molecule has 0 aliphatic carbocycles. The van der Waals surface area contributed by atoms with Crippen molar-refractivity contribution >= 4 is 17.3 Å². The predicted molar refractivity (Wildman–Crippen MR) is 86.7 cm³/mol. The lowest BCUT2D eigenvalue weighted by Gasteiger charge is -2.36. The van der Waals surface area contributed by atoms with Crippen LogP contribution in [0.1, 0.15) is 11.3 Å². The van der Waals surface area contributed by atoms with Gasteiger partial charge < -0.3 is 9.80 Å². The lowest BCUT2D eigenvalue weighted by atomic mass is 10.2. The number of aryl methyl sites for hydroxylation is 1. The van der Waals surface area contributed by atoms with Crippen molar-refractivity contribution in [1.29, 1.82) is 0 Å². The van der Waals surface area contributed by atoms with Crippen molar-refractivity contribution < 1.29 is 0 Å². The SMILES string of the molecule is Cc1ncnc(N2CCN(c3ccc4nncn4n3)CC2)c1C. The summed E-state index contributed by atoms with van der Waals surface area (Å²) in [5, 5.41) is 12.4. The van der Waals surface area contributed by atoms with Gasteiger partial charge in [0.15, 0.2) is 5.65 Å². The predicted octanol–water partition coefficient (Wildman–Crippen LogP) is 0.858. The van der Waals surface area contributed by atoms with Gasteiger partial charge >= 0.3 is 0 Å². The van der Waals surface area contributed by atoms with E-state index in [-0.39, 0.29) is 0 Å². The molecule has 0 saturated carbocycles. The van der Waals surface area contributed by atoms with Crippen molar-refractivity contribution in [3.63, 3.8) is 0 Å². The van der Waals surface area contributed by atoms with E-state index < -0.39 is 0 Å². The third kappa shape index (κ3) is 2.45. The van der Waals surface area contributed by atoms with Crippen LogP contribution in [0.2, 0.25) is 0 Å². The minimum absolute atomic E-state index is 0.763. The Kier molecular flexibility index (Phi) is 3.29. The topological polar surface area (TPSA) is 75.3 Å². The summed E-state index contributed by atoms with van der Waals surface area (Å²) in [6.45, 7) is 7.75. The first-order chi connectivity index (χ1) is 11.2. The van der Waals surface area contributed by atoms with Gasteiger partial charge in [0.05, 0.1) is 0 Å². The van der Waals surface area contributed by atoms with E-state index >= 15 is 0 Å². The van der Waals surface area contributed by atoms with Gasteiger partial charge in [-0.2, -0.15) is 4.52 Å². The number of rotatable bonds is 2. The Labute approximate surface area is 133 Å². The first kappa shape index (κ1) is 13.9. The molecule has 0 amide bonds. The highest BCUT2D eigenvalue weighted by Crippen LogP contribution is 2.21. The Hall–Kier alpha value is -2.77. The van der Waals surface area contributed by atoms with Gasteiger partial charge in [-0.15, -0.1) is 15.3 Å². The fourth-order valence-electron chi connectivity index (χ4n) is 2.88. The molecule has 1 fully saturated rings. The highest BCUT2D eigenvalue weighted by atomic mass is 15.4. The van der Waals surface area contributed by atoms with Crippen LogP contribution in [-0.2, 0) is 0 Å². The van der Waals surface area contributed by atoms with E-state index in [0.717, 1.165) is 54.7 Å². The number of aromatic nitrogens is 6. The molecule has 1 saturated heterocycles. The quantitative estimate of drug-likeness (QED) is 0.695. The smallest absolute Gasteiger partial charge is 0.177 e. The highest BCUT2D eigenvalue weighted by molar-refractivity contribution is 5.51. The number of anilines is 2. The van der Waals surface area contributed by atoms with Gasteiger partial charge in [-0.1, -0.05) is 0 Å². The van der Waals surface area contributed by atoms with Crippen LogP contribution in [0, 0.1) is 13.8 Å². The fourth-order valence-corrected chi connectivity index (χ4v) is 2.88. The molecule has 8 heteroatoms. The summed E-state index contributed by atoms with van der Waals surface area (Å²) in [6, 6.07) is 3.94. The van der Waals surface area contributed by atoms with Gasteiger partial charge in [0, 0.05) is 37.4 Å². The summed E-state index contributed by atoms with van der Waals surface area (Å²) in [6.07, 6.45) is 3.27. The molecule has 23 heavy (non-hydrogen) atoms. The van der Waals surface area contributed by atoms with Gasteiger partial charge in [-0.25, -0.2) is 9.97 Å². The third-order valence-electron chi connectivity index (χ3n) is 4.36. The van der Waals surface area contributed by atoms with Crippen LogP contribution < -0.4 is 9.80 Å². The van der Waals surface area contributed by atoms with E-state index in [4.69, 9.17) is 0 Å². The third-order valence-corrected chi connectivity index (χ3v) is 4.36. The van der Waals surface area contributed by atoms with Gasteiger partial charge in [0.25, 0.3) is 0 Å². The Morgan fingerprint density at radius 2 is 1.74 bits per heavy atom. The van der Waals surface area contributed by atoms with Crippen molar-refractivity contribution in [3.05, 3.63) is 36.0 Å². The van der Waals surface area contributed by atoms with Crippen LogP contribution in [0.15, 0.2) is 24.8 Å².